The van der Waals surface area contributed by atoms with Gasteiger partial charge in [-0.1, -0.05) is 18.2 Å². The van der Waals surface area contributed by atoms with Crippen LogP contribution < -0.4 is 5.73 Å². The Hall–Kier alpha value is -1.06. The molecule has 2 rings (SSSR count). The molecule has 1 aliphatic rings. The van der Waals surface area contributed by atoms with Gasteiger partial charge in [-0.15, -0.1) is 12.4 Å². The Morgan fingerprint density at radius 3 is 2.74 bits per heavy atom. The molecule has 0 heterocycles. The van der Waals surface area contributed by atoms with Gasteiger partial charge in [0.2, 0.25) is 5.91 Å². The maximum Gasteiger partial charge on any atom is 0.227 e. The van der Waals surface area contributed by atoms with E-state index >= 15 is 0 Å². The number of benzene rings is 1. The van der Waals surface area contributed by atoms with E-state index in [1.807, 2.05) is 14.0 Å². The van der Waals surface area contributed by atoms with Crippen LogP contribution >= 0.6 is 12.4 Å². The Kier molecular flexibility index (Phi) is 5.83. The Morgan fingerprint density at radius 2 is 2.05 bits per heavy atom. The van der Waals surface area contributed by atoms with Gasteiger partial charge in [-0.25, -0.2) is 0 Å². The number of likely N-dealkylation sites (N-methyl/N-ethyl adjacent to an activating group) is 1. The van der Waals surface area contributed by atoms with Gasteiger partial charge in [-0.2, -0.15) is 0 Å². The minimum absolute atomic E-state index is 0. The lowest BCUT2D eigenvalue weighted by Crippen LogP contribution is -2.40. The van der Waals surface area contributed by atoms with E-state index < -0.39 is 0 Å². The molecule has 19 heavy (non-hydrogen) atoms. The third-order valence-corrected chi connectivity index (χ3v) is 3.91. The van der Waals surface area contributed by atoms with E-state index in [2.05, 4.69) is 18.2 Å². The summed E-state index contributed by atoms with van der Waals surface area (Å²) in [7, 11) is 1.83. The summed E-state index contributed by atoms with van der Waals surface area (Å²) in [6.07, 6.45) is 4.07. The molecule has 1 atom stereocenters. The highest BCUT2D eigenvalue weighted by molar-refractivity contribution is 5.85. The number of hydrogen-bond donors (Lipinski definition) is 1. The lowest BCUT2D eigenvalue weighted by molar-refractivity contribution is -0.130. The van der Waals surface area contributed by atoms with Crippen molar-refractivity contribution >= 4 is 18.3 Å². The van der Waals surface area contributed by atoms with Crippen LogP contribution in [-0.4, -0.2) is 30.4 Å². The third-order valence-electron chi connectivity index (χ3n) is 3.91. The van der Waals surface area contributed by atoms with Gasteiger partial charge >= 0.3 is 0 Å². The van der Waals surface area contributed by atoms with Crippen molar-refractivity contribution in [3.8, 4) is 0 Å². The molecule has 1 amide bonds. The average Bonchev–Trinajstić information content (AvgIpc) is 2.84. The molecule has 1 unspecified atom stereocenters. The van der Waals surface area contributed by atoms with Crippen molar-refractivity contribution in [3.05, 3.63) is 34.9 Å². The van der Waals surface area contributed by atoms with Crippen molar-refractivity contribution in [2.24, 2.45) is 5.73 Å². The molecule has 0 spiro atoms. The van der Waals surface area contributed by atoms with Crippen molar-refractivity contribution in [2.75, 3.05) is 13.6 Å². The van der Waals surface area contributed by atoms with E-state index in [1.54, 1.807) is 4.90 Å². The normalized spacial score (nSPS) is 14.5. The van der Waals surface area contributed by atoms with Crippen molar-refractivity contribution < 1.29 is 4.79 Å². The molecular weight excluding hydrogens is 260 g/mol. The first-order valence-corrected chi connectivity index (χ1v) is 6.68. The highest BCUT2D eigenvalue weighted by atomic mass is 35.5. The molecule has 1 aliphatic carbocycles. The van der Waals surface area contributed by atoms with E-state index in [9.17, 15) is 4.79 Å². The number of rotatable bonds is 4. The second-order valence-corrected chi connectivity index (χ2v) is 5.22. The predicted molar refractivity (Wildman–Crippen MR) is 80.7 cm³/mol. The van der Waals surface area contributed by atoms with E-state index in [4.69, 9.17) is 5.73 Å². The molecule has 0 aliphatic heterocycles. The summed E-state index contributed by atoms with van der Waals surface area (Å²) in [5.74, 6) is 0.144. The molecule has 4 heteroatoms. The Morgan fingerprint density at radius 1 is 1.37 bits per heavy atom. The third kappa shape index (κ3) is 3.71. The molecule has 106 valence electrons. The van der Waals surface area contributed by atoms with Crippen LogP contribution in [0.25, 0.3) is 0 Å². The van der Waals surface area contributed by atoms with Crippen LogP contribution in [0.1, 0.15) is 30.0 Å². The monoisotopic (exact) mass is 282 g/mol. The first-order chi connectivity index (χ1) is 8.61. The smallest absolute Gasteiger partial charge is 0.227 e. The molecule has 0 aromatic heterocycles. The number of carbonyl (C=O) groups excluding carboxylic acids is 1. The lowest BCUT2D eigenvalue weighted by atomic mass is 10.0. The Balaban J connectivity index is 0.00000180. The van der Waals surface area contributed by atoms with Crippen molar-refractivity contribution in [3.63, 3.8) is 0 Å². The van der Waals surface area contributed by atoms with E-state index in [0.29, 0.717) is 13.0 Å². The van der Waals surface area contributed by atoms with Gasteiger partial charge in [0.25, 0.3) is 0 Å². The van der Waals surface area contributed by atoms with Crippen LogP contribution in [-0.2, 0) is 24.1 Å². The molecule has 1 aromatic rings. The quantitative estimate of drug-likeness (QED) is 0.917. The number of carbonyl (C=O) groups is 1. The van der Waals surface area contributed by atoms with Gasteiger partial charge in [0.15, 0.2) is 0 Å². The zero-order chi connectivity index (χ0) is 13.1. The minimum Gasteiger partial charge on any atom is -0.341 e. The maximum atomic E-state index is 12.1. The van der Waals surface area contributed by atoms with Crippen LogP contribution in [0.2, 0.25) is 0 Å². The summed E-state index contributed by atoms with van der Waals surface area (Å²) in [5.41, 5.74) is 9.59. The van der Waals surface area contributed by atoms with Crippen LogP contribution in [0.15, 0.2) is 18.2 Å². The van der Waals surface area contributed by atoms with Gasteiger partial charge in [0.05, 0.1) is 6.42 Å². The largest absolute Gasteiger partial charge is 0.341 e. The lowest BCUT2D eigenvalue weighted by Gasteiger charge is -2.23. The van der Waals surface area contributed by atoms with Gasteiger partial charge in [0, 0.05) is 19.6 Å². The summed E-state index contributed by atoms with van der Waals surface area (Å²) in [5, 5.41) is 0. The van der Waals surface area contributed by atoms with Gasteiger partial charge in [0.1, 0.15) is 0 Å². The number of aryl methyl sites for hydroxylation is 2. The average molecular weight is 283 g/mol. The number of amides is 1. The molecule has 0 radical (unpaired) electrons. The van der Waals surface area contributed by atoms with Gasteiger partial charge in [-0.3, -0.25) is 4.79 Å². The standard InChI is InChI=1S/C15H22N2O.ClH/c1-11(10-16)17(2)15(18)9-12-6-7-13-4-3-5-14(13)8-12;/h6-8,11H,3-5,9-10,16H2,1-2H3;1H. The fourth-order valence-electron chi connectivity index (χ4n) is 2.44. The van der Waals surface area contributed by atoms with Crippen molar-refractivity contribution in [1.82, 2.24) is 4.90 Å². The molecule has 3 nitrogen and oxygen atoms in total. The van der Waals surface area contributed by atoms with Crippen LogP contribution in [0, 0.1) is 0 Å². The fraction of sp³-hybridized carbons (Fsp3) is 0.533. The minimum atomic E-state index is 0. The topological polar surface area (TPSA) is 46.3 Å². The highest BCUT2D eigenvalue weighted by Gasteiger charge is 2.16. The van der Waals surface area contributed by atoms with Crippen LogP contribution in [0.5, 0.6) is 0 Å². The fourth-order valence-corrected chi connectivity index (χ4v) is 2.44. The summed E-state index contributed by atoms with van der Waals surface area (Å²) >= 11 is 0. The summed E-state index contributed by atoms with van der Waals surface area (Å²) in [6.45, 7) is 2.48. The summed E-state index contributed by atoms with van der Waals surface area (Å²) in [6, 6.07) is 6.56. The van der Waals surface area contributed by atoms with E-state index in [1.165, 1.54) is 24.0 Å². The van der Waals surface area contributed by atoms with E-state index in [0.717, 1.165) is 12.0 Å². The summed E-state index contributed by atoms with van der Waals surface area (Å²) < 4.78 is 0. The number of halogens is 1. The molecule has 0 bridgehead atoms. The molecule has 0 saturated heterocycles. The Bertz CT molecular complexity index is 448. The van der Waals surface area contributed by atoms with Crippen LogP contribution in [0.4, 0.5) is 0 Å². The number of nitrogens with zero attached hydrogens (tertiary/aromatic N) is 1. The van der Waals surface area contributed by atoms with Crippen LogP contribution in [0.3, 0.4) is 0 Å². The summed E-state index contributed by atoms with van der Waals surface area (Å²) in [4.78, 5) is 13.8. The maximum absolute atomic E-state index is 12.1. The number of fused-ring (bicyclic) bond motifs is 1. The first-order valence-electron chi connectivity index (χ1n) is 6.68. The second kappa shape index (κ2) is 6.92. The highest BCUT2D eigenvalue weighted by Crippen LogP contribution is 2.23. The number of nitrogens with two attached hydrogens (primary N) is 1. The van der Waals surface area contributed by atoms with Crippen molar-refractivity contribution in [2.45, 2.75) is 38.6 Å². The molecule has 0 saturated carbocycles. The Labute approximate surface area is 121 Å². The molecular formula is C15H23ClN2O. The zero-order valence-electron chi connectivity index (χ0n) is 11.7. The first kappa shape index (κ1) is 16.0. The SMILES string of the molecule is CC(CN)N(C)C(=O)Cc1ccc2c(c1)CCC2.Cl. The molecule has 1 aromatic carbocycles. The van der Waals surface area contributed by atoms with E-state index in [-0.39, 0.29) is 24.4 Å². The number of hydrogen-bond acceptors (Lipinski definition) is 2. The zero-order valence-corrected chi connectivity index (χ0v) is 12.5. The van der Waals surface area contributed by atoms with Gasteiger partial charge < -0.3 is 10.6 Å². The molecule has 0 fully saturated rings. The van der Waals surface area contributed by atoms with Crippen molar-refractivity contribution in [1.29, 1.82) is 0 Å². The van der Waals surface area contributed by atoms with Gasteiger partial charge in [-0.05, 0) is 42.9 Å². The second-order valence-electron chi connectivity index (χ2n) is 5.22. The molecule has 2 N–H and O–H groups in total. The predicted octanol–water partition coefficient (Wildman–Crippen LogP) is 1.95.